The molecule has 0 spiro atoms. The molecule has 4 heteroatoms. The van der Waals surface area contributed by atoms with Crippen molar-refractivity contribution in [3.05, 3.63) is 18.2 Å². The minimum atomic E-state index is 0.330. The van der Waals surface area contributed by atoms with E-state index in [0.717, 1.165) is 32.4 Å². The summed E-state index contributed by atoms with van der Waals surface area (Å²) in [5.41, 5.74) is 0. The van der Waals surface area contributed by atoms with E-state index in [9.17, 15) is 0 Å². The molecule has 19 heavy (non-hydrogen) atoms. The zero-order valence-corrected chi connectivity index (χ0v) is 12.9. The van der Waals surface area contributed by atoms with Crippen LogP contribution >= 0.6 is 0 Å². The van der Waals surface area contributed by atoms with Gasteiger partial charge in [0.05, 0.1) is 6.10 Å². The SMILES string of the molecule is CCCNC(CCC(C)OC)Cc1nccn1CC. The minimum Gasteiger partial charge on any atom is -0.382 e. The molecule has 0 aromatic carbocycles. The first-order chi connectivity index (χ1) is 9.21. The van der Waals surface area contributed by atoms with Crippen LogP contribution < -0.4 is 5.32 Å². The van der Waals surface area contributed by atoms with Gasteiger partial charge in [0.15, 0.2) is 0 Å². The Morgan fingerprint density at radius 2 is 2.16 bits per heavy atom. The summed E-state index contributed by atoms with van der Waals surface area (Å²) in [5.74, 6) is 1.18. The quantitative estimate of drug-likeness (QED) is 0.708. The molecule has 2 atom stereocenters. The van der Waals surface area contributed by atoms with Crippen LogP contribution in [0.3, 0.4) is 0 Å². The topological polar surface area (TPSA) is 39.1 Å². The van der Waals surface area contributed by atoms with Gasteiger partial charge in [-0.1, -0.05) is 6.92 Å². The maximum Gasteiger partial charge on any atom is 0.110 e. The number of aromatic nitrogens is 2. The minimum absolute atomic E-state index is 0.330. The van der Waals surface area contributed by atoms with E-state index >= 15 is 0 Å². The third-order valence-corrected chi connectivity index (χ3v) is 3.58. The van der Waals surface area contributed by atoms with Crippen LogP contribution in [-0.4, -0.2) is 35.4 Å². The summed E-state index contributed by atoms with van der Waals surface area (Å²) in [5, 5.41) is 3.63. The molecule has 110 valence electrons. The Labute approximate surface area is 117 Å². The monoisotopic (exact) mass is 267 g/mol. The Morgan fingerprint density at radius 3 is 2.79 bits per heavy atom. The van der Waals surface area contributed by atoms with Crippen molar-refractivity contribution in [1.29, 1.82) is 0 Å². The number of nitrogens with zero attached hydrogens (tertiary/aromatic N) is 2. The molecular weight excluding hydrogens is 238 g/mol. The van der Waals surface area contributed by atoms with Gasteiger partial charge in [0, 0.05) is 38.5 Å². The highest BCUT2D eigenvalue weighted by atomic mass is 16.5. The Balaban J connectivity index is 2.53. The third kappa shape index (κ3) is 5.74. The van der Waals surface area contributed by atoms with E-state index in [-0.39, 0.29) is 0 Å². The maximum absolute atomic E-state index is 5.34. The van der Waals surface area contributed by atoms with Crippen molar-refractivity contribution in [2.45, 2.75) is 65.1 Å². The molecule has 0 fully saturated rings. The van der Waals surface area contributed by atoms with Gasteiger partial charge in [0.25, 0.3) is 0 Å². The van der Waals surface area contributed by atoms with Gasteiger partial charge in [0.2, 0.25) is 0 Å². The van der Waals surface area contributed by atoms with E-state index in [1.54, 1.807) is 7.11 Å². The Hall–Kier alpha value is -0.870. The molecule has 0 radical (unpaired) electrons. The lowest BCUT2D eigenvalue weighted by molar-refractivity contribution is 0.106. The molecule has 0 aliphatic carbocycles. The van der Waals surface area contributed by atoms with Gasteiger partial charge >= 0.3 is 0 Å². The maximum atomic E-state index is 5.34. The second-order valence-electron chi connectivity index (χ2n) is 5.11. The first kappa shape index (κ1) is 16.2. The fourth-order valence-electron chi connectivity index (χ4n) is 2.22. The van der Waals surface area contributed by atoms with Crippen LogP contribution in [0.15, 0.2) is 12.4 Å². The number of rotatable bonds is 10. The Bertz CT molecular complexity index is 338. The number of imidazole rings is 1. The number of nitrogens with one attached hydrogen (secondary N) is 1. The summed E-state index contributed by atoms with van der Waals surface area (Å²) in [7, 11) is 1.78. The van der Waals surface area contributed by atoms with Crippen molar-refractivity contribution >= 4 is 0 Å². The van der Waals surface area contributed by atoms with Crippen LogP contribution in [0.4, 0.5) is 0 Å². The van der Waals surface area contributed by atoms with Crippen molar-refractivity contribution in [1.82, 2.24) is 14.9 Å². The highest BCUT2D eigenvalue weighted by Gasteiger charge is 2.13. The fraction of sp³-hybridized carbons (Fsp3) is 0.800. The molecule has 2 unspecified atom stereocenters. The second kappa shape index (κ2) is 9.10. The number of ether oxygens (including phenoxy) is 1. The first-order valence-corrected chi connectivity index (χ1v) is 7.47. The standard InChI is InChI=1S/C15H29N3O/c1-5-9-16-14(8-7-13(3)19-4)12-15-17-10-11-18(15)6-2/h10-11,13-14,16H,5-9,12H2,1-4H3. The molecule has 1 rings (SSSR count). The van der Waals surface area contributed by atoms with Gasteiger partial charge < -0.3 is 14.6 Å². The lowest BCUT2D eigenvalue weighted by Gasteiger charge is -2.20. The average molecular weight is 267 g/mol. The zero-order valence-electron chi connectivity index (χ0n) is 12.9. The summed E-state index contributed by atoms with van der Waals surface area (Å²) < 4.78 is 7.56. The van der Waals surface area contributed by atoms with Gasteiger partial charge in [-0.25, -0.2) is 4.98 Å². The largest absolute Gasteiger partial charge is 0.382 e. The highest BCUT2D eigenvalue weighted by molar-refractivity contribution is 4.95. The molecule has 0 amide bonds. The van der Waals surface area contributed by atoms with E-state index in [1.165, 1.54) is 12.2 Å². The summed E-state index contributed by atoms with van der Waals surface area (Å²) in [4.78, 5) is 4.47. The third-order valence-electron chi connectivity index (χ3n) is 3.58. The summed E-state index contributed by atoms with van der Waals surface area (Å²) >= 11 is 0. The molecule has 1 N–H and O–H groups in total. The molecular formula is C15H29N3O. The molecule has 4 nitrogen and oxygen atoms in total. The van der Waals surface area contributed by atoms with E-state index in [1.807, 2.05) is 6.20 Å². The Kier molecular flexibility index (Phi) is 7.75. The Morgan fingerprint density at radius 1 is 1.37 bits per heavy atom. The van der Waals surface area contributed by atoms with Crippen LogP contribution in [0.25, 0.3) is 0 Å². The van der Waals surface area contributed by atoms with Gasteiger partial charge in [-0.05, 0) is 39.7 Å². The lowest BCUT2D eigenvalue weighted by atomic mass is 10.0. The average Bonchev–Trinajstić information content (AvgIpc) is 2.88. The number of hydrogen-bond acceptors (Lipinski definition) is 3. The second-order valence-corrected chi connectivity index (χ2v) is 5.11. The zero-order chi connectivity index (χ0) is 14.1. The number of aryl methyl sites for hydroxylation is 1. The van der Waals surface area contributed by atoms with Gasteiger partial charge in [-0.15, -0.1) is 0 Å². The van der Waals surface area contributed by atoms with Crippen LogP contribution in [0.1, 0.15) is 45.9 Å². The molecule has 1 aromatic rings. The smallest absolute Gasteiger partial charge is 0.110 e. The lowest BCUT2D eigenvalue weighted by Crippen LogP contribution is -2.33. The number of hydrogen-bond donors (Lipinski definition) is 1. The van der Waals surface area contributed by atoms with E-state index in [0.29, 0.717) is 12.1 Å². The molecule has 0 aliphatic heterocycles. The van der Waals surface area contributed by atoms with Crippen LogP contribution in [0.5, 0.6) is 0 Å². The normalized spacial score (nSPS) is 14.5. The predicted octanol–water partition coefficient (Wildman–Crippen LogP) is 2.63. The van der Waals surface area contributed by atoms with Gasteiger partial charge in [-0.2, -0.15) is 0 Å². The molecule has 0 bridgehead atoms. The molecule has 1 heterocycles. The summed E-state index contributed by atoms with van der Waals surface area (Å²) in [6.45, 7) is 8.55. The molecule has 1 aromatic heterocycles. The number of methoxy groups -OCH3 is 1. The van der Waals surface area contributed by atoms with Crippen LogP contribution in [-0.2, 0) is 17.7 Å². The fourth-order valence-corrected chi connectivity index (χ4v) is 2.22. The first-order valence-electron chi connectivity index (χ1n) is 7.47. The van der Waals surface area contributed by atoms with Crippen LogP contribution in [0.2, 0.25) is 0 Å². The predicted molar refractivity (Wildman–Crippen MR) is 79.4 cm³/mol. The summed E-state index contributed by atoms with van der Waals surface area (Å²) in [6, 6.07) is 0.491. The van der Waals surface area contributed by atoms with Crippen molar-refractivity contribution in [3.63, 3.8) is 0 Å². The van der Waals surface area contributed by atoms with E-state index < -0.39 is 0 Å². The van der Waals surface area contributed by atoms with Crippen molar-refractivity contribution in [2.24, 2.45) is 0 Å². The highest BCUT2D eigenvalue weighted by Crippen LogP contribution is 2.10. The van der Waals surface area contributed by atoms with E-state index in [4.69, 9.17) is 4.74 Å². The van der Waals surface area contributed by atoms with Crippen molar-refractivity contribution in [3.8, 4) is 0 Å². The van der Waals surface area contributed by atoms with Gasteiger partial charge in [-0.3, -0.25) is 0 Å². The summed E-state index contributed by atoms with van der Waals surface area (Å²) in [6.07, 6.45) is 8.67. The molecule has 0 saturated heterocycles. The van der Waals surface area contributed by atoms with Gasteiger partial charge in [0.1, 0.15) is 5.82 Å². The molecule has 0 aliphatic rings. The molecule has 0 saturated carbocycles. The van der Waals surface area contributed by atoms with Crippen molar-refractivity contribution in [2.75, 3.05) is 13.7 Å². The van der Waals surface area contributed by atoms with E-state index in [2.05, 4.69) is 41.8 Å². The van der Waals surface area contributed by atoms with Crippen LogP contribution in [0, 0.1) is 0 Å². The van der Waals surface area contributed by atoms with Crippen molar-refractivity contribution < 1.29 is 4.74 Å².